The lowest BCUT2D eigenvalue weighted by Gasteiger charge is -2.14. The summed E-state index contributed by atoms with van der Waals surface area (Å²) in [5, 5.41) is 0.421. The summed E-state index contributed by atoms with van der Waals surface area (Å²) in [5.41, 5.74) is 5.84. The van der Waals surface area contributed by atoms with Crippen molar-refractivity contribution in [3.63, 3.8) is 0 Å². The van der Waals surface area contributed by atoms with E-state index in [1.54, 1.807) is 0 Å². The first-order valence-electron chi connectivity index (χ1n) is 5.03. The van der Waals surface area contributed by atoms with E-state index in [0.29, 0.717) is 21.9 Å². The molecule has 1 fully saturated rings. The number of hydrogen-bond donors (Lipinski definition) is 1. The van der Waals surface area contributed by atoms with Crippen molar-refractivity contribution in [1.29, 1.82) is 0 Å². The molecule has 1 saturated heterocycles. The van der Waals surface area contributed by atoms with Crippen LogP contribution in [-0.4, -0.2) is 31.9 Å². The molecule has 0 bridgehead atoms. The molecule has 0 aromatic carbocycles. The third-order valence-corrected chi connectivity index (χ3v) is 7.61. The van der Waals surface area contributed by atoms with E-state index < -0.39 is 10.0 Å². The summed E-state index contributed by atoms with van der Waals surface area (Å²) in [4.78, 5) is 0. The monoisotopic (exact) mass is 358 g/mol. The van der Waals surface area contributed by atoms with E-state index in [0.717, 1.165) is 11.3 Å². The van der Waals surface area contributed by atoms with Crippen molar-refractivity contribution in [3.05, 3.63) is 14.9 Å². The van der Waals surface area contributed by atoms with Gasteiger partial charge in [-0.15, -0.1) is 11.3 Å². The fraction of sp³-hybridized carbons (Fsp3) is 0.556. The summed E-state index contributed by atoms with van der Waals surface area (Å²) >= 11 is 10.2. The first-order valence-corrected chi connectivity index (χ1v) is 8.45. The fourth-order valence-corrected chi connectivity index (χ4v) is 5.86. The molecular formula is C9H12BrClN2O2S2. The molecule has 1 aliphatic rings. The first-order chi connectivity index (χ1) is 7.82. The molecule has 96 valence electrons. The average molecular weight is 360 g/mol. The highest BCUT2D eigenvalue weighted by Gasteiger charge is 2.36. The van der Waals surface area contributed by atoms with Crippen molar-refractivity contribution >= 4 is 48.9 Å². The lowest BCUT2D eigenvalue weighted by Crippen LogP contribution is -2.31. The number of nitrogens with zero attached hydrogens (tertiary/aromatic N) is 1. The Morgan fingerprint density at radius 3 is 2.65 bits per heavy atom. The van der Waals surface area contributed by atoms with Crippen molar-refractivity contribution in [2.45, 2.75) is 17.2 Å². The zero-order chi connectivity index (χ0) is 12.8. The van der Waals surface area contributed by atoms with Gasteiger partial charge in [0.25, 0.3) is 10.0 Å². The number of rotatable bonds is 2. The van der Waals surface area contributed by atoms with E-state index in [2.05, 4.69) is 15.9 Å². The van der Waals surface area contributed by atoms with Gasteiger partial charge in [-0.1, -0.05) is 18.5 Å². The molecule has 0 saturated carbocycles. The van der Waals surface area contributed by atoms with Crippen LogP contribution in [0.5, 0.6) is 0 Å². The second kappa shape index (κ2) is 4.79. The zero-order valence-corrected chi connectivity index (χ0v) is 13.0. The summed E-state index contributed by atoms with van der Waals surface area (Å²) in [6.07, 6.45) is 0. The summed E-state index contributed by atoms with van der Waals surface area (Å²) in [6, 6.07) is 1.38. The highest BCUT2D eigenvalue weighted by atomic mass is 79.9. The minimum Gasteiger partial charge on any atom is -0.326 e. The Kier molecular flexibility index (Phi) is 3.88. The van der Waals surface area contributed by atoms with Gasteiger partial charge in [-0.25, -0.2) is 8.42 Å². The fourth-order valence-electron chi connectivity index (χ4n) is 1.72. The summed E-state index contributed by atoms with van der Waals surface area (Å²) in [7, 11) is -3.45. The molecule has 2 unspecified atom stereocenters. The Hall–Kier alpha value is 0.340. The largest absolute Gasteiger partial charge is 0.326 e. The second-order valence-corrected chi connectivity index (χ2v) is 9.09. The highest BCUT2D eigenvalue weighted by Crippen LogP contribution is 2.36. The minimum atomic E-state index is -3.45. The third-order valence-electron chi connectivity index (χ3n) is 2.85. The molecular weight excluding hydrogens is 348 g/mol. The maximum absolute atomic E-state index is 12.3. The summed E-state index contributed by atoms with van der Waals surface area (Å²) < 4.78 is 26.9. The molecule has 1 aliphatic heterocycles. The van der Waals surface area contributed by atoms with Crippen molar-refractivity contribution in [2.75, 3.05) is 13.1 Å². The minimum absolute atomic E-state index is 0.0938. The molecule has 0 amide bonds. The quantitative estimate of drug-likeness (QED) is 0.880. The van der Waals surface area contributed by atoms with E-state index in [9.17, 15) is 8.42 Å². The Balaban J connectivity index is 2.31. The van der Waals surface area contributed by atoms with Gasteiger partial charge in [0.05, 0.1) is 8.81 Å². The molecule has 8 heteroatoms. The van der Waals surface area contributed by atoms with Gasteiger partial charge in [0.1, 0.15) is 4.21 Å². The molecule has 1 aromatic rings. The predicted molar refractivity (Wildman–Crippen MR) is 72.9 cm³/mol. The van der Waals surface area contributed by atoms with Crippen LogP contribution in [0.1, 0.15) is 6.92 Å². The smallest absolute Gasteiger partial charge is 0.252 e. The van der Waals surface area contributed by atoms with Crippen molar-refractivity contribution in [2.24, 2.45) is 11.7 Å². The average Bonchev–Trinajstić information content (AvgIpc) is 2.74. The third kappa shape index (κ3) is 2.54. The van der Waals surface area contributed by atoms with Gasteiger partial charge in [-0.3, -0.25) is 0 Å². The molecule has 2 N–H and O–H groups in total. The van der Waals surface area contributed by atoms with Crippen LogP contribution in [0.2, 0.25) is 5.02 Å². The Morgan fingerprint density at radius 1 is 1.59 bits per heavy atom. The number of halogens is 2. The van der Waals surface area contributed by atoms with Gasteiger partial charge in [0.15, 0.2) is 0 Å². The van der Waals surface area contributed by atoms with Crippen molar-refractivity contribution in [3.8, 4) is 0 Å². The summed E-state index contributed by atoms with van der Waals surface area (Å²) in [5.74, 6) is 0.184. The van der Waals surface area contributed by atoms with Crippen LogP contribution in [0.4, 0.5) is 0 Å². The SMILES string of the molecule is CC1CN(S(=O)(=O)c2cc(Cl)c(Br)s2)CC1N. The zero-order valence-electron chi connectivity index (χ0n) is 9.06. The Labute approximate surface area is 118 Å². The van der Waals surface area contributed by atoms with E-state index >= 15 is 0 Å². The van der Waals surface area contributed by atoms with Gasteiger partial charge in [-0.2, -0.15) is 4.31 Å². The van der Waals surface area contributed by atoms with Crippen LogP contribution >= 0.6 is 38.9 Å². The molecule has 4 nitrogen and oxygen atoms in total. The van der Waals surface area contributed by atoms with Crippen LogP contribution in [0.3, 0.4) is 0 Å². The van der Waals surface area contributed by atoms with Gasteiger partial charge in [-0.05, 0) is 27.9 Å². The van der Waals surface area contributed by atoms with Gasteiger partial charge < -0.3 is 5.73 Å². The Morgan fingerprint density at radius 2 is 2.24 bits per heavy atom. The topological polar surface area (TPSA) is 63.4 Å². The van der Waals surface area contributed by atoms with Gasteiger partial charge >= 0.3 is 0 Å². The second-order valence-electron chi connectivity index (χ2n) is 4.15. The van der Waals surface area contributed by atoms with Gasteiger partial charge in [0, 0.05) is 19.1 Å². The number of nitrogens with two attached hydrogens (primary N) is 1. The highest BCUT2D eigenvalue weighted by molar-refractivity contribution is 9.11. The normalized spacial score (nSPS) is 26.6. The predicted octanol–water partition coefficient (Wildman–Crippen LogP) is 2.13. The molecule has 2 atom stereocenters. The first kappa shape index (κ1) is 13.8. The van der Waals surface area contributed by atoms with E-state index in [4.69, 9.17) is 17.3 Å². The number of sulfonamides is 1. The van der Waals surface area contributed by atoms with Crippen molar-refractivity contribution in [1.82, 2.24) is 4.31 Å². The molecule has 0 radical (unpaired) electrons. The van der Waals surface area contributed by atoms with E-state index in [-0.39, 0.29) is 16.2 Å². The molecule has 0 spiro atoms. The lowest BCUT2D eigenvalue weighted by molar-refractivity contribution is 0.466. The molecule has 1 aromatic heterocycles. The van der Waals surface area contributed by atoms with E-state index in [1.165, 1.54) is 10.4 Å². The van der Waals surface area contributed by atoms with Crippen LogP contribution in [0.15, 0.2) is 14.1 Å². The van der Waals surface area contributed by atoms with Crippen LogP contribution in [-0.2, 0) is 10.0 Å². The maximum Gasteiger partial charge on any atom is 0.252 e. The van der Waals surface area contributed by atoms with Crippen LogP contribution < -0.4 is 5.73 Å². The summed E-state index contributed by atoms with van der Waals surface area (Å²) in [6.45, 7) is 2.80. The number of hydrogen-bond acceptors (Lipinski definition) is 4. The van der Waals surface area contributed by atoms with E-state index in [1.807, 2.05) is 6.92 Å². The van der Waals surface area contributed by atoms with Crippen LogP contribution in [0, 0.1) is 5.92 Å². The molecule has 2 rings (SSSR count). The van der Waals surface area contributed by atoms with Crippen LogP contribution in [0.25, 0.3) is 0 Å². The van der Waals surface area contributed by atoms with Crippen molar-refractivity contribution < 1.29 is 8.42 Å². The molecule has 2 heterocycles. The number of thiophene rings is 1. The van der Waals surface area contributed by atoms with Gasteiger partial charge in [0.2, 0.25) is 0 Å². The standard InChI is InChI=1S/C9H12BrClN2O2S2/c1-5-3-13(4-7(5)12)17(14,15)8-2-6(11)9(10)16-8/h2,5,7H,3-4,12H2,1H3. The maximum atomic E-state index is 12.3. The Bertz CT molecular complexity index is 502. The molecule has 17 heavy (non-hydrogen) atoms. The lowest BCUT2D eigenvalue weighted by atomic mass is 10.1. The molecule has 0 aliphatic carbocycles.